The average Bonchev–Trinajstić information content (AvgIpc) is 3.09. The highest BCUT2D eigenvalue weighted by Gasteiger charge is 2.40. The highest BCUT2D eigenvalue weighted by atomic mass is 16.2. The third kappa shape index (κ3) is 2.88. The van der Waals surface area contributed by atoms with Crippen LogP contribution in [-0.2, 0) is 4.79 Å². The SMILES string of the molecule is CNC1CCC(N(C)C(=O)CC2CC3CCC2C3)CC1. The van der Waals surface area contributed by atoms with Crippen molar-refractivity contribution in [3.8, 4) is 0 Å². The van der Waals surface area contributed by atoms with Crippen LogP contribution in [0.5, 0.6) is 0 Å². The van der Waals surface area contributed by atoms with E-state index in [4.69, 9.17) is 0 Å². The number of fused-ring (bicyclic) bond motifs is 2. The van der Waals surface area contributed by atoms with Crippen LogP contribution >= 0.6 is 0 Å². The third-order valence-electron chi connectivity index (χ3n) is 6.37. The minimum absolute atomic E-state index is 0.412. The van der Waals surface area contributed by atoms with Crippen molar-refractivity contribution in [2.75, 3.05) is 14.1 Å². The fourth-order valence-corrected chi connectivity index (χ4v) is 4.95. The first-order valence-corrected chi connectivity index (χ1v) is 8.60. The summed E-state index contributed by atoms with van der Waals surface area (Å²) in [6.45, 7) is 0. The predicted molar refractivity (Wildman–Crippen MR) is 81.4 cm³/mol. The summed E-state index contributed by atoms with van der Waals surface area (Å²) in [4.78, 5) is 14.6. The van der Waals surface area contributed by atoms with Gasteiger partial charge in [-0.15, -0.1) is 0 Å². The molecule has 0 spiro atoms. The largest absolute Gasteiger partial charge is 0.343 e. The fourth-order valence-electron chi connectivity index (χ4n) is 4.95. The Morgan fingerprint density at radius 1 is 1.10 bits per heavy atom. The summed E-state index contributed by atoms with van der Waals surface area (Å²) in [6.07, 6.45) is 11.2. The lowest BCUT2D eigenvalue weighted by Crippen LogP contribution is -2.43. The average molecular weight is 278 g/mol. The Labute approximate surface area is 123 Å². The van der Waals surface area contributed by atoms with Crippen LogP contribution in [0.3, 0.4) is 0 Å². The molecule has 20 heavy (non-hydrogen) atoms. The lowest BCUT2D eigenvalue weighted by molar-refractivity contribution is -0.134. The summed E-state index contributed by atoms with van der Waals surface area (Å²) in [7, 11) is 4.09. The van der Waals surface area contributed by atoms with Gasteiger partial charge in [0, 0.05) is 25.6 Å². The molecule has 0 aromatic carbocycles. The van der Waals surface area contributed by atoms with E-state index in [1.54, 1.807) is 0 Å². The molecule has 3 fully saturated rings. The monoisotopic (exact) mass is 278 g/mol. The number of nitrogens with one attached hydrogen (secondary N) is 1. The third-order valence-corrected chi connectivity index (χ3v) is 6.37. The molecule has 1 amide bonds. The number of hydrogen-bond donors (Lipinski definition) is 1. The molecule has 3 heteroatoms. The maximum absolute atomic E-state index is 12.5. The smallest absolute Gasteiger partial charge is 0.222 e. The van der Waals surface area contributed by atoms with Crippen LogP contribution in [0.25, 0.3) is 0 Å². The second-order valence-electron chi connectivity index (χ2n) is 7.44. The van der Waals surface area contributed by atoms with Crippen LogP contribution in [0.4, 0.5) is 0 Å². The number of nitrogens with zero attached hydrogens (tertiary/aromatic N) is 1. The van der Waals surface area contributed by atoms with Gasteiger partial charge in [0.15, 0.2) is 0 Å². The minimum atomic E-state index is 0.412. The van der Waals surface area contributed by atoms with Crippen molar-refractivity contribution in [2.45, 2.75) is 69.9 Å². The maximum atomic E-state index is 12.5. The molecular weight excluding hydrogens is 248 g/mol. The summed E-state index contributed by atoms with van der Waals surface area (Å²) in [5.74, 6) is 2.94. The van der Waals surface area contributed by atoms with Gasteiger partial charge in [0.05, 0.1) is 0 Å². The molecule has 3 nitrogen and oxygen atoms in total. The van der Waals surface area contributed by atoms with Gasteiger partial charge in [-0.1, -0.05) is 6.42 Å². The van der Waals surface area contributed by atoms with E-state index >= 15 is 0 Å². The van der Waals surface area contributed by atoms with Crippen molar-refractivity contribution >= 4 is 5.91 Å². The second-order valence-corrected chi connectivity index (χ2v) is 7.44. The summed E-state index contributed by atoms with van der Waals surface area (Å²) < 4.78 is 0. The van der Waals surface area contributed by atoms with E-state index in [0.717, 1.165) is 18.3 Å². The molecule has 2 bridgehead atoms. The van der Waals surface area contributed by atoms with Crippen molar-refractivity contribution < 1.29 is 4.79 Å². The van der Waals surface area contributed by atoms with Gasteiger partial charge in [0.25, 0.3) is 0 Å². The molecule has 3 saturated carbocycles. The van der Waals surface area contributed by atoms with Crippen LogP contribution in [0, 0.1) is 17.8 Å². The molecule has 0 aromatic rings. The van der Waals surface area contributed by atoms with Gasteiger partial charge in [-0.2, -0.15) is 0 Å². The Hall–Kier alpha value is -0.570. The van der Waals surface area contributed by atoms with Crippen LogP contribution in [-0.4, -0.2) is 37.0 Å². The molecule has 3 unspecified atom stereocenters. The number of amides is 1. The summed E-state index contributed by atoms with van der Waals surface area (Å²) in [6, 6.07) is 1.16. The van der Waals surface area contributed by atoms with E-state index in [0.29, 0.717) is 23.9 Å². The zero-order valence-corrected chi connectivity index (χ0v) is 13.1. The van der Waals surface area contributed by atoms with E-state index in [9.17, 15) is 4.79 Å². The molecule has 0 radical (unpaired) electrons. The molecule has 1 N–H and O–H groups in total. The Kier molecular flexibility index (Phi) is 4.34. The van der Waals surface area contributed by atoms with Crippen LogP contribution in [0.15, 0.2) is 0 Å². The van der Waals surface area contributed by atoms with E-state index in [-0.39, 0.29) is 0 Å². The van der Waals surface area contributed by atoms with Gasteiger partial charge in [0.2, 0.25) is 5.91 Å². The minimum Gasteiger partial charge on any atom is -0.343 e. The lowest BCUT2D eigenvalue weighted by atomic mass is 9.85. The molecule has 0 aliphatic heterocycles. The molecule has 0 aromatic heterocycles. The van der Waals surface area contributed by atoms with Gasteiger partial charge in [-0.25, -0.2) is 0 Å². The highest BCUT2D eigenvalue weighted by Crippen LogP contribution is 2.49. The first-order valence-electron chi connectivity index (χ1n) is 8.60. The first-order chi connectivity index (χ1) is 9.67. The van der Waals surface area contributed by atoms with Gasteiger partial charge in [-0.3, -0.25) is 4.79 Å². The van der Waals surface area contributed by atoms with Gasteiger partial charge in [-0.05, 0) is 69.7 Å². The van der Waals surface area contributed by atoms with Crippen LogP contribution in [0.1, 0.15) is 57.8 Å². The maximum Gasteiger partial charge on any atom is 0.222 e. The quantitative estimate of drug-likeness (QED) is 0.857. The number of carbonyl (C=O) groups excluding carboxylic acids is 1. The number of carbonyl (C=O) groups is 1. The number of rotatable bonds is 4. The predicted octanol–water partition coefficient (Wildman–Crippen LogP) is 2.80. The molecule has 3 atom stereocenters. The standard InChI is InChI=1S/C17H30N2O/c1-18-15-5-7-16(8-6-15)19(2)17(20)11-14-10-12-3-4-13(14)9-12/h12-16,18H,3-11H2,1-2H3. The van der Waals surface area contributed by atoms with Gasteiger partial charge < -0.3 is 10.2 Å². The summed E-state index contributed by atoms with van der Waals surface area (Å²) >= 11 is 0. The van der Waals surface area contributed by atoms with Crippen molar-refractivity contribution in [3.63, 3.8) is 0 Å². The zero-order valence-electron chi connectivity index (χ0n) is 13.1. The molecule has 3 rings (SSSR count). The van der Waals surface area contributed by atoms with Gasteiger partial charge in [0.1, 0.15) is 0 Å². The Morgan fingerprint density at radius 2 is 1.85 bits per heavy atom. The molecule has 3 aliphatic carbocycles. The van der Waals surface area contributed by atoms with Crippen LogP contribution in [0.2, 0.25) is 0 Å². The van der Waals surface area contributed by atoms with Crippen molar-refractivity contribution in [3.05, 3.63) is 0 Å². The second kappa shape index (κ2) is 6.05. The Balaban J connectivity index is 1.47. The van der Waals surface area contributed by atoms with E-state index in [1.165, 1.54) is 51.4 Å². The molecular formula is C17H30N2O. The molecule has 0 saturated heterocycles. The summed E-state index contributed by atoms with van der Waals surface area (Å²) in [5, 5.41) is 3.37. The van der Waals surface area contributed by atoms with Crippen LogP contribution < -0.4 is 5.32 Å². The highest BCUT2D eigenvalue weighted by molar-refractivity contribution is 5.76. The zero-order chi connectivity index (χ0) is 14.1. The normalized spacial score (nSPS) is 40.0. The van der Waals surface area contributed by atoms with Gasteiger partial charge >= 0.3 is 0 Å². The Morgan fingerprint density at radius 3 is 2.40 bits per heavy atom. The Bertz CT molecular complexity index is 349. The lowest BCUT2D eigenvalue weighted by Gasteiger charge is -2.35. The van der Waals surface area contributed by atoms with Crippen molar-refractivity contribution in [2.24, 2.45) is 17.8 Å². The van der Waals surface area contributed by atoms with Crippen molar-refractivity contribution in [1.82, 2.24) is 10.2 Å². The van der Waals surface area contributed by atoms with E-state index < -0.39 is 0 Å². The summed E-state index contributed by atoms with van der Waals surface area (Å²) in [5.41, 5.74) is 0. The first kappa shape index (κ1) is 14.4. The van der Waals surface area contributed by atoms with E-state index in [1.807, 2.05) is 7.05 Å². The topological polar surface area (TPSA) is 32.3 Å². The van der Waals surface area contributed by atoms with E-state index in [2.05, 4.69) is 17.3 Å². The fraction of sp³-hybridized carbons (Fsp3) is 0.941. The van der Waals surface area contributed by atoms with Crippen molar-refractivity contribution in [1.29, 1.82) is 0 Å². The molecule has 0 heterocycles. The molecule has 3 aliphatic rings. The number of hydrogen-bond acceptors (Lipinski definition) is 2. The molecule has 114 valence electrons.